The molecule has 2 saturated heterocycles. The summed E-state index contributed by atoms with van der Waals surface area (Å²) in [4.78, 5) is 27.5. The van der Waals surface area contributed by atoms with Crippen LogP contribution >= 0.6 is 0 Å². The van der Waals surface area contributed by atoms with Gasteiger partial charge < -0.3 is 9.64 Å². The molecular formula is C24H26FNO3. The number of halogens is 1. The first-order valence-corrected chi connectivity index (χ1v) is 10.4. The number of hydrogen-bond donors (Lipinski definition) is 0. The molecule has 0 saturated carbocycles. The molecule has 4 nitrogen and oxygen atoms in total. The first-order valence-electron chi connectivity index (χ1n) is 10.4. The zero-order chi connectivity index (χ0) is 20.2. The fourth-order valence-electron chi connectivity index (χ4n) is 4.73. The van der Waals surface area contributed by atoms with Crippen molar-refractivity contribution >= 4 is 11.9 Å². The predicted molar refractivity (Wildman–Crippen MR) is 108 cm³/mol. The zero-order valence-electron chi connectivity index (χ0n) is 16.4. The third-order valence-electron chi connectivity index (χ3n) is 6.11. The lowest BCUT2D eigenvalue weighted by Crippen LogP contribution is -2.55. The average Bonchev–Trinajstić information content (AvgIpc) is 2.72. The van der Waals surface area contributed by atoms with Crippen LogP contribution in [0.15, 0.2) is 54.6 Å². The first-order chi connectivity index (χ1) is 14.1. The molecule has 2 atom stereocenters. The van der Waals surface area contributed by atoms with Gasteiger partial charge in [-0.3, -0.25) is 4.79 Å². The summed E-state index contributed by atoms with van der Waals surface area (Å²) < 4.78 is 19.0. The number of benzene rings is 2. The molecule has 2 aliphatic heterocycles. The molecule has 0 N–H and O–H groups in total. The van der Waals surface area contributed by atoms with E-state index in [1.165, 1.54) is 12.1 Å². The quantitative estimate of drug-likeness (QED) is 0.723. The summed E-state index contributed by atoms with van der Waals surface area (Å²) in [5.41, 5.74) is 1.68. The van der Waals surface area contributed by atoms with Crippen molar-refractivity contribution in [2.75, 3.05) is 0 Å². The Kier molecular flexibility index (Phi) is 5.93. The summed E-state index contributed by atoms with van der Waals surface area (Å²) >= 11 is 0. The number of carbonyl (C=O) groups excluding carboxylic acids is 2. The van der Waals surface area contributed by atoms with E-state index in [0.717, 1.165) is 24.8 Å². The molecular weight excluding hydrogens is 369 g/mol. The summed E-state index contributed by atoms with van der Waals surface area (Å²) in [5.74, 6) is -0.250. The van der Waals surface area contributed by atoms with Crippen molar-refractivity contribution in [3.63, 3.8) is 0 Å². The monoisotopic (exact) mass is 395 g/mol. The molecule has 5 heteroatoms. The Hall–Kier alpha value is -2.69. The van der Waals surface area contributed by atoms with Crippen LogP contribution in [0.4, 0.5) is 9.18 Å². The van der Waals surface area contributed by atoms with Crippen molar-refractivity contribution in [2.45, 2.75) is 57.2 Å². The minimum atomic E-state index is -0.317. The molecule has 0 aromatic heterocycles. The van der Waals surface area contributed by atoms with E-state index in [2.05, 4.69) is 0 Å². The van der Waals surface area contributed by atoms with E-state index >= 15 is 0 Å². The summed E-state index contributed by atoms with van der Waals surface area (Å²) in [6, 6.07) is 16.0. The van der Waals surface area contributed by atoms with E-state index in [4.69, 9.17) is 4.74 Å². The number of piperidine rings is 2. The van der Waals surface area contributed by atoms with Crippen LogP contribution < -0.4 is 0 Å². The molecule has 2 bridgehead atoms. The maximum absolute atomic E-state index is 13.4. The van der Waals surface area contributed by atoms with Crippen molar-refractivity contribution in [3.8, 4) is 0 Å². The lowest BCUT2D eigenvalue weighted by Gasteiger charge is -2.47. The lowest BCUT2D eigenvalue weighted by molar-refractivity contribution is -0.126. The Morgan fingerprint density at radius 2 is 1.66 bits per heavy atom. The van der Waals surface area contributed by atoms with Gasteiger partial charge in [0.05, 0.1) is 0 Å². The van der Waals surface area contributed by atoms with Crippen LogP contribution in [0, 0.1) is 11.7 Å². The van der Waals surface area contributed by atoms with E-state index in [9.17, 15) is 14.0 Å². The maximum Gasteiger partial charge on any atom is 0.410 e. The highest BCUT2D eigenvalue weighted by Crippen LogP contribution is 2.38. The van der Waals surface area contributed by atoms with Crippen LogP contribution in [-0.2, 0) is 22.6 Å². The standard InChI is InChI=1S/C24H26FNO3/c25-20-9-4-8-18(12-20)13-23(27)19-14-21-10-5-11-22(15-19)26(21)24(28)29-16-17-6-2-1-3-7-17/h1-4,6-9,12,19,21-22H,5,10-11,13-16H2. The third-order valence-corrected chi connectivity index (χ3v) is 6.11. The maximum atomic E-state index is 13.4. The normalized spacial score (nSPS) is 23.5. The van der Waals surface area contributed by atoms with Gasteiger partial charge in [0.1, 0.15) is 18.2 Å². The van der Waals surface area contributed by atoms with Crippen molar-refractivity contribution < 1.29 is 18.7 Å². The number of fused-ring (bicyclic) bond motifs is 2. The summed E-state index contributed by atoms with van der Waals surface area (Å²) in [7, 11) is 0. The van der Waals surface area contributed by atoms with E-state index in [1.54, 1.807) is 12.1 Å². The molecule has 2 aliphatic rings. The SMILES string of the molecule is O=C(Cc1cccc(F)c1)C1CC2CCCC(C1)N2C(=O)OCc1ccccc1. The van der Waals surface area contributed by atoms with Crippen molar-refractivity contribution in [2.24, 2.45) is 5.92 Å². The number of rotatable bonds is 5. The van der Waals surface area contributed by atoms with Crippen molar-refractivity contribution in [1.82, 2.24) is 4.90 Å². The number of ketones is 1. The van der Waals surface area contributed by atoms with Gasteiger partial charge in [0.15, 0.2) is 0 Å². The molecule has 2 aromatic rings. The Labute approximate surface area is 170 Å². The van der Waals surface area contributed by atoms with Gasteiger partial charge in [0, 0.05) is 24.4 Å². The van der Waals surface area contributed by atoms with Gasteiger partial charge in [-0.1, -0.05) is 42.5 Å². The molecule has 4 rings (SSSR count). The van der Waals surface area contributed by atoms with Crippen LogP contribution in [-0.4, -0.2) is 28.9 Å². The molecule has 2 heterocycles. The number of ether oxygens (including phenoxy) is 1. The molecule has 152 valence electrons. The number of hydrogen-bond acceptors (Lipinski definition) is 3. The van der Waals surface area contributed by atoms with E-state index in [0.29, 0.717) is 18.4 Å². The number of nitrogens with zero attached hydrogens (tertiary/aromatic N) is 1. The van der Waals surface area contributed by atoms with Crippen LogP contribution in [0.2, 0.25) is 0 Å². The molecule has 29 heavy (non-hydrogen) atoms. The topological polar surface area (TPSA) is 46.6 Å². The van der Waals surface area contributed by atoms with Crippen LogP contribution in [0.25, 0.3) is 0 Å². The van der Waals surface area contributed by atoms with Gasteiger partial charge in [-0.05, 0) is 55.4 Å². The van der Waals surface area contributed by atoms with Gasteiger partial charge in [0.25, 0.3) is 0 Å². The lowest BCUT2D eigenvalue weighted by atomic mass is 9.76. The first kappa shape index (κ1) is 19.6. The zero-order valence-corrected chi connectivity index (χ0v) is 16.4. The van der Waals surface area contributed by atoms with Gasteiger partial charge in [0.2, 0.25) is 0 Å². The predicted octanol–water partition coefficient (Wildman–Crippen LogP) is 4.91. The Balaban J connectivity index is 1.38. The molecule has 2 unspecified atom stereocenters. The second-order valence-electron chi connectivity index (χ2n) is 8.13. The summed E-state index contributed by atoms with van der Waals surface area (Å²) in [6.45, 7) is 0.261. The largest absolute Gasteiger partial charge is 0.445 e. The van der Waals surface area contributed by atoms with Crippen LogP contribution in [0.3, 0.4) is 0 Å². The molecule has 0 radical (unpaired) electrons. The molecule has 2 aromatic carbocycles. The highest BCUT2D eigenvalue weighted by molar-refractivity contribution is 5.84. The fraction of sp³-hybridized carbons (Fsp3) is 0.417. The van der Waals surface area contributed by atoms with Gasteiger partial charge in [-0.15, -0.1) is 0 Å². The Morgan fingerprint density at radius 1 is 0.966 bits per heavy atom. The smallest absolute Gasteiger partial charge is 0.410 e. The average molecular weight is 395 g/mol. The highest BCUT2D eigenvalue weighted by atomic mass is 19.1. The fourth-order valence-corrected chi connectivity index (χ4v) is 4.73. The molecule has 0 aliphatic carbocycles. The Morgan fingerprint density at radius 3 is 2.34 bits per heavy atom. The van der Waals surface area contributed by atoms with Gasteiger partial charge in [-0.25, -0.2) is 9.18 Å². The summed E-state index contributed by atoms with van der Waals surface area (Å²) in [5, 5.41) is 0. The second kappa shape index (κ2) is 8.76. The highest BCUT2D eigenvalue weighted by Gasteiger charge is 2.43. The van der Waals surface area contributed by atoms with Gasteiger partial charge in [-0.2, -0.15) is 0 Å². The summed E-state index contributed by atoms with van der Waals surface area (Å²) in [6.07, 6.45) is 4.19. The number of Topliss-reactive ketones (excluding diaryl/α,β-unsaturated/α-hetero) is 1. The molecule has 0 spiro atoms. The minimum absolute atomic E-state index is 0.0484. The van der Waals surface area contributed by atoms with Crippen molar-refractivity contribution in [1.29, 1.82) is 0 Å². The number of carbonyl (C=O) groups is 2. The van der Waals surface area contributed by atoms with E-state index in [1.807, 2.05) is 35.2 Å². The third kappa shape index (κ3) is 4.66. The minimum Gasteiger partial charge on any atom is -0.445 e. The van der Waals surface area contributed by atoms with E-state index < -0.39 is 0 Å². The number of amides is 1. The van der Waals surface area contributed by atoms with Crippen molar-refractivity contribution in [3.05, 3.63) is 71.5 Å². The van der Waals surface area contributed by atoms with Gasteiger partial charge >= 0.3 is 6.09 Å². The van der Waals surface area contributed by atoms with Crippen LogP contribution in [0.5, 0.6) is 0 Å². The van der Waals surface area contributed by atoms with E-state index in [-0.39, 0.29) is 48.7 Å². The molecule has 1 amide bonds. The second-order valence-corrected chi connectivity index (χ2v) is 8.13. The molecule has 2 fully saturated rings. The Bertz CT molecular complexity index is 855. The van der Waals surface area contributed by atoms with Crippen LogP contribution in [0.1, 0.15) is 43.2 Å².